The Morgan fingerprint density at radius 1 is 1.18 bits per heavy atom. The molecule has 9 heteroatoms. The lowest BCUT2D eigenvalue weighted by molar-refractivity contribution is -0.410. The van der Waals surface area contributed by atoms with Crippen LogP contribution in [0.1, 0.15) is 11.4 Å². The summed E-state index contributed by atoms with van der Waals surface area (Å²) in [6.07, 6.45) is 0.306. The second-order valence-corrected chi connectivity index (χ2v) is 5.79. The van der Waals surface area contributed by atoms with Crippen molar-refractivity contribution in [2.75, 3.05) is 0 Å². The van der Waals surface area contributed by atoms with Gasteiger partial charge in [-0.05, 0) is 6.07 Å². The van der Waals surface area contributed by atoms with E-state index in [2.05, 4.69) is 10.7 Å². The van der Waals surface area contributed by atoms with Crippen LogP contribution in [0, 0.1) is 5.92 Å². The Balaban J connectivity index is 0.00000220. The number of fused-ring (bicyclic) bond motifs is 1. The number of para-hydroxylation sites is 1. The molecular weight excluding hydrogens is 351 g/mol. The topological polar surface area (TPSA) is 116 Å². The molecule has 6 N–H and O–H groups in total. The number of carboxylic acids is 2. The van der Waals surface area contributed by atoms with Crippen LogP contribution in [0.3, 0.4) is 0 Å². The molecule has 0 aliphatic rings. The number of halogens is 2. The van der Waals surface area contributed by atoms with Gasteiger partial charge in [0.2, 0.25) is 10.5 Å². The van der Waals surface area contributed by atoms with Crippen molar-refractivity contribution in [1.82, 2.24) is 0 Å². The van der Waals surface area contributed by atoms with Crippen molar-refractivity contribution in [3.63, 3.8) is 0 Å². The predicted octanol–water partition coefficient (Wildman–Crippen LogP) is -5.95. The molecule has 0 amide bonds. The molecule has 0 spiro atoms. The maximum Gasteiger partial charge on any atom is 0.362 e. The lowest BCUT2D eigenvalue weighted by atomic mass is 9.97. The maximum atomic E-state index is 11.2. The average Bonchev–Trinajstić information content (AvgIpc) is 2.79. The molecule has 6 nitrogen and oxygen atoms in total. The van der Waals surface area contributed by atoms with Crippen molar-refractivity contribution in [3.8, 4) is 0 Å². The number of aliphatic carboxylic acids is 2. The van der Waals surface area contributed by atoms with E-state index in [1.165, 1.54) is 11.3 Å². The van der Waals surface area contributed by atoms with Crippen LogP contribution >= 0.6 is 11.3 Å². The number of thiazole rings is 1. The smallest absolute Gasteiger partial charge is 0.362 e. The summed E-state index contributed by atoms with van der Waals surface area (Å²) in [6, 6.07) is 6.79. The molecule has 2 aromatic rings. The van der Waals surface area contributed by atoms with E-state index in [4.69, 9.17) is 5.11 Å². The van der Waals surface area contributed by atoms with Crippen LogP contribution in [0.2, 0.25) is 0 Å². The minimum absolute atomic E-state index is 0. The van der Waals surface area contributed by atoms with Crippen molar-refractivity contribution in [2.24, 2.45) is 5.92 Å². The largest absolute Gasteiger partial charge is 1.00 e. The number of carboxylic acid groups (broad SMARTS) is 2. The van der Waals surface area contributed by atoms with E-state index in [1.807, 2.05) is 24.3 Å². The van der Waals surface area contributed by atoms with Gasteiger partial charge in [0.05, 0.1) is 12.3 Å². The summed E-state index contributed by atoms with van der Waals surface area (Å²) in [5, 5.41) is 18.9. The van der Waals surface area contributed by atoms with Gasteiger partial charge in [-0.1, -0.05) is 23.5 Å². The summed E-state index contributed by atoms with van der Waals surface area (Å²) >= 11 is 1.49. The standard InChI is InChI=1S/C13H14N2O4S.2ClH/c14-8(13(18)19)5-7(12(16)17)6-11-15-9-3-1-2-4-10(9)20-11;;/h1-4,7-8H,5-6,14H2,(H,16,17)(H,18,19);2*1H/t7-,8-;;/m1../s1. The first kappa shape index (κ1) is 20.6. The van der Waals surface area contributed by atoms with E-state index in [-0.39, 0.29) is 37.7 Å². The zero-order valence-corrected chi connectivity index (χ0v) is 13.8. The Bertz CT molecular complexity index is 617. The minimum Gasteiger partial charge on any atom is -1.00 e. The summed E-state index contributed by atoms with van der Waals surface area (Å²) in [6.45, 7) is 0. The second-order valence-electron chi connectivity index (χ2n) is 4.66. The molecule has 1 aromatic heterocycles. The van der Waals surface area contributed by atoms with Gasteiger partial charge in [-0.15, -0.1) is 0 Å². The fraction of sp³-hybridized carbons (Fsp3) is 0.308. The van der Waals surface area contributed by atoms with Crippen LogP contribution in [0.25, 0.3) is 10.2 Å². The van der Waals surface area contributed by atoms with Crippen molar-refractivity contribution >= 4 is 33.5 Å². The third-order valence-electron chi connectivity index (χ3n) is 3.09. The summed E-state index contributed by atoms with van der Waals surface area (Å²) < 4.78 is 1.05. The van der Waals surface area contributed by atoms with E-state index in [0.717, 1.165) is 15.2 Å². The molecule has 0 unspecified atom stereocenters. The van der Waals surface area contributed by atoms with E-state index in [1.54, 1.807) is 0 Å². The molecule has 1 aromatic carbocycles. The zero-order chi connectivity index (χ0) is 14.7. The molecular formula is C13H16Cl2N2O4S. The number of H-pyrrole nitrogens is 1. The number of aromatic amines is 1. The summed E-state index contributed by atoms with van der Waals surface area (Å²) in [4.78, 5) is 25.2. The van der Waals surface area contributed by atoms with E-state index >= 15 is 0 Å². The van der Waals surface area contributed by atoms with Crippen LogP contribution in [-0.4, -0.2) is 28.2 Å². The molecule has 0 saturated carbocycles. The van der Waals surface area contributed by atoms with Crippen molar-refractivity contribution in [3.05, 3.63) is 29.3 Å². The maximum absolute atomic E-state index is 11.2. The van der Waals surface area contributed by atoms with E-state index < -0.39 is 23.9 Å². The van der Waals surface area contributed by atoms with Crippen LogP contribution in [-0.2, 0) is 16.0 Å². The number of quaternary nitrogens is 1. The average molecular weight is 367 g/mol. The number of rotatable bonds is 6. The Kier molecular flexibility index (Phi) is 8.32. The van der Waals surface area contributed by atoms with Gasteiger partial charge in [0.25, 0.3) is 0 Å². The third kappa shape index (κ3) is 5.10. The van der Waals surface area contributed by atoms with Gasteiger partial charge in [0.15, 0.2) is 6.04 Å². The highest BCUT2D eigenvalue weighted by Crippen LogP contribution is 2.21. The lowest BCUT2D eigenvalue weighted by Crippen LogP contribution is -3.00. The highest BCUT2D eigenvalue weighted by atomic mass is 35.5. The SMILES string of the molecule is [Cl-].[Cl-].[NH3+][C@H](C[C@H](Cc1[nH+]c2ccccc2s1)C(=O)O)C(=O)O. The number of hydrogen-bond acceptors (Lipinski definition) is 3. The van der Waals surface area contributed by atoms with E-state index in [9.17, 15) is 14.7 Å². The second kappa shape index (κ2) is 8.89. The quantitative estimate of drug-likeness (QED) is 0.471. The molecule has 1 heterocycles. The Hall–Kier alpha value is -1.41. The Morgan fingerprint density at radius 3 is 2.36 bits per heavy atom. The van der Waals surface area contributed by atoms with Gasteiger partial charge >= 0.3 is 11.9 Å². The summed E-state index contributed by atoms with van der Waals surface area (Å²) in [5.74, 6) is -2.82. The fourth-order valence-corrected chi connectivity index (χ4v) is 3.09. The molecule has 22 heavy (non-hydrogen) atoms. The Labute approximate surface area is 143 Å². The zero-order valence-electron chi connectivity index (χ0n) is 11.5. The molecule has 0 aliphatic heterocycles. The van der Waals surface area contributed by atoms with Crippen molar-refractivity contribution in [1.29, 1.82) is 0 Å². The fourth-order valence-electron chi connectivity index (χ4n) is 2.00. The Morgan fingerprint density at radius 2 is 1.82 bits per heavy atom. The van der Waals surface area contributed by atoms with Crippen molar-refractivity contribution in [2.45, 2.75) is 18.9 Å². The summed E-state index contributed by atoms with van der Waals surface area (Å²) in [7, 11) is 0. The first-order valence-electron chi connectivity index (χ1n) is 6.15. The van der Waals surface area contributed by atoms with Crippen LogP contribution < -0.4 is 35.5 Å². The molecule has 2 atom stereocenters. The van der Waals surface area contributed by atoms with Crippen molar-refractivity contribution < 1.29 is 55.3 Å². The van der Waals surface area contributed by atoms with Crippen LogP contribution in [0.5, 0.6) is 0 Å². The van der Waals surface area contributed by atoms with Gasteiger partial charge in [-0.3, -0.25) is 4.79 Å². The molecule has 0 bridgehead atoms. The van der Waals surface area contributed by atoms with Gasteiger partial charge in [-0.2, -0.15) is 4.98 Å². The van der Waals surface area contributed by atoms with Gasteiger partial charge in [0.1, 0.15) is 4.70 Å². The van der Waals surface area contributed by atoms with Gasteiger partial charge in [-0.25, -0.2) is 4.79 Å². The third-order valence-corrected chi connectivity index (χ3v) is 4.18. The molecule has 0 fully saturated rings. The normalized spacial score (nSPS) is 12.8. The number of aromatic nitrogens is 1. The first-order chi connectivity index (χ1) is 9.47. The van der Waals surface area contributed by atoms with E-state index in [0.29, 0.717) is 0 Å². The highest BCUT2D eigenvalue weighted by molar-refractivity contribution is 7.18. The van der Waals surface area contributed by atoms with Crippen LogP contribution in [0.4, 0.5) is 0 Å². The monoisotopic (exact) mass is 366 g/mol. The molecule has 0 radical (unpaired) electrons. The number of benzene rings is 1. The lowest BCUT2D eigenvalue weighted by Gasteiger charge is -2.09. The minimum atomic E-state index is -1.07. The highest BCUT2D eigenvalue weighted by Gasteiger charge is 2.29. The van der Waals surface area contributed by atoms with Gasteiger partial charge in [0, 0.05) is 12.5 Å². The van der Waals surface area contributed by atoms with Crippen LogP contribution in [0.15, 0.2) is 24.3 Å². The number of hydrogen-bond donors (Lipinski definition) is 3. The molecule has 2 rings (SSSR count). The molecule has 0 aliphatic carbocycles. The first-order valence-corrected chi connectivity index (χ1v) is 6.97. The molecule has 0 saturated heterocycles. The molecule has 122 valence electrons. The predicted molar refractivity (Wildman–Crippen MR) is 72.1 cm³/mol. The number of carbonyl (C=O) groups is 2. The summed E-state index contributed by atoms with van der Waals surface area (Å²) in [5.41, 5.74) is 4.43. The number of nitrogens with one attached hydrogen (secondary N) is 1. The van der Waals surface area contributed by atoms with Gasteiger partial charge < -0.3 is 40.8 Å².